The second-order valence-electron chi connectivity index (χ2n) is 8.34. The number of carbonyl (C=O) groups is 1. The van der Waals surface area contributed by atoms with Crippen molar-refractivity contribution in [3.63, 3.8) is 0 Å². The predicted octanol–water partition coefficient (Wildman–Crippen LogP) is 7.62. The lowest BCUT2D eigenvalue weighted by Crippen LogP contribution is -2.07. The van der Waals surface area contributed by atoms with Crippen LogP contribution in [0.4, 0.5) is 0 Å². The van der Waals surface area contributed by atoms with Crippen LogP contribution in [-0.4, -0.2) is 5.97 Å². The highest BCUT2D eigenvalue weighted by Gasteiger charge is 2.22. The lowest BCUT2D eigenvalue weighted by molar-refractivity contribution is -0.134. The number of rotatable bonds is 3. The molecule has 0 aliphatic heterocycles. The summed E-state index contributed by atoms with van der Waals surface area (Å²) < 4.78 is 5.87. The van der Waals surface area contributed by atoms with Crippen LogP contribution in [0.3, 0.4) is 0 Å². The zero-order valence-electron chi connectivity index (χ0n) is 16.6. The van der Waals surface area contributed by atoms with E-state index in [9.17, 15) is 4.79 Å². The number of hydrogen-bond donors (Lipinski definition) is 0. The first-order valence-corrected chi connectivity index (χ1v) is 10.6. The van der Waals surface area contributed by atoms with Gasteiger partial charge in [0.05, 0.1) is 0 Å². The third kappa shape index (κ3) is 1.87. The molecule has 0 amide bonds. The molecular weight excluding hydrogens is 368 g/mol. The number of hydrogen-bond acceptors (Lipinski definition) is 2. The zero-order chi connectivity index (χ0) is 20.0. The van der Waals surface area contributed by atoms with E-state index in [-0.39, 0.29) is 5.97 Å². The molecule has 0 atom stereocenters. The quantitative estimate of drug-likeness (QED) is 0.135. The van der Waals surface area contributed by atoms with E-state index >= 15 is 0 Å². The molecule has 0 spiro atoms. The van der Waals surface area contributed by atoms with Crippen molar-refractivity contribution < 1.29 is 9.53 Å². The lowest BCUT2D eigenvalue weighted by atomic mass is 9.83. The van der Waals surface area contributed by atoms with Crippen LogP contribution in [0.5, 0.6) is 5.75 Å². The van der Waals surface area contributed by atoms with E-state index < -0.39 is 0 Å². The Balaban J connectivity index is 1.79. The molecule has 0 aromatic heterocycles. The van der Waals surface area contributed by atoms with E-state index in [1.165, 1.54) is 53.9 Å². The molecular formula is C28H18O2. The first-order chi connectivity index (χ1) is 14.7. The lowest BCUT2D eigenvalue weighted by Gasteiger charge is -2.21. The maximum absolute atomic E-state index is 12.4. The molecule has 0 radical (unpaired) electrons. The molecule has 7 aromatic carbocycles. The van der Waals surface area contributed by atoms with E-state index in [0.717, 1.165) is 17.2 Å². The SMILES string of the molecule is CCCC(=O)Oc1cc2ccc3ccc4ccc5ccc6ccc1c1c6c5c4c3c21. The van der Waals surface area contributed by atoms with Crippen LogP contribution in [0.25, 0.3) is 64.6 Å². The molecule has 0 saturated carbocycles. The highest BCUT2D eigenvalue weighted by Crippen LogP contribution is 2.50. The normalized spacial score (nSPS) is 12.6. The van der Waals surface area contributed by atoms with Crippen molar-refractivity contribution in [3.05, 3.63) is 66.7 Å². The maximum atomic E-state index is 12.4. The Morgan fingerprint density at radius 2 is 1.07 bits per heavy atom. The van der Waals surface area contributed by atoms with Crippen LogP contribution in [0, 0.1) is 0 Å². The average Bonchev–Trinajstić information content (AvgIpc) is 2.77. The van der Waals surface area contributed by atoms with Gasteiger partial charge in [0.25, 0.3) is 0 Å². The third-order valence-electron chi connectivity index (χ3n) is 6.64. The molecule has 0 unspecified atom stereocenters. The largest absolute Gasteiger partial charge is 0.426 e. The topological polar surface area (TPSA) is 26.3 Å². The minimum atomic E-state index is -0.169. The molecule has 0 N–H and O–H groups in total. The van der Waals surface area contributed by atoms with Crippen LogP contribution in [0.1, 0.15) is 19.8 Å². The van der Waals surface area contributed by atoms with Gasteiger partial charge in [-0.05, 0) is 72.4 Å². The van der Waals surface area contributed by atoms with Gasteiger partial charge in [0.15, 0.2) is 0 Å². The molecule has 142 valence electrons. The Kier molecular flexibility index (Phi) is 2.96. The van der Waals surface area contributed by atoms with E-state index in [0.29, 0.717) is 12.2 Å². The zero-order valence-corrected chi connectivity index (χ0v) is 16.6. The van der Waals surface area contributed by atoms with Crippen molar-refractivity contribution in [1.29, 1.82) is 0 Å². The summed E-state index contributed by atoms with van der Waals surface area (Å²) in [6, 6.07) is 24.0. The monoisotopic (exact) mass is 386 g/mol. The Labute approximate surface area is 172 Å². The second-order valence-corrected chi connectivity index (χ2v) is 8.34. The van der Waals surface area contributed by atoms with Crippen molar-refractivity contribution in [2.75, 3.05) is 0 Å². The summed E-state index contributed by atoms with van der Waals surface area (Å²) in [5.41, 5.74) is 0. The molecule has 2 nitrogen and oxygen atoms in total. The summed E-state index contributed by atoms with van der Waals surface area (Å²) in [5, 5.41) is 14.9. The third-order valence-corrected chi connectivity index (χ3v) is 6.64. The van der Waals surface area contributed by atoms with E-state index in [2.05, 4.69) is 60.7 Å². The van der Waals surface area contributed by atoms with Gasteiger partial charge >= 0.3 is 5.97 Å². The highest BCUT2D eigenvalue weighted by atomic mass is 16.5. The standard InChI is InChI=1S/C28H18O2/c1-2-3-22(29)30-21-14-19-11-10-17-7-5-15-4-6-16-8-9-18-12-13-20(21)28-26(18)24(16)23(15)25(17)27(19)28/h4-14H,2-3H2,1H3. The van der Waals surface area contributed by atoms with Gasteiger partial charge in [0.2, 0.25) is 0 Å². The minimum absolute atomic E-state index is 0.169. The molecule has 2 heteroatoms. The van der Waals surface area contributed by atoms with Crippen molar-refractivity contribution in [2.45, 2.75) is 19.8 Å². The minimum Gasteiger partial charge on any atom is -0.426 e. The second kappa shape index (κ2) is 5.48. The van der Waals surface area contributed by atoms with Crippen LogP contribution >= 0.6 is 0 Å². The maximum Gasteiger partial charge on any atom is 0.311 e. The number of ether oxygens (including phenoxy) is 1. The molecule has 0 bridgehead atoms. The molecule has 0 heterocycles. The summed E-state index contributed by atoms with van der Waals surface area (Å²) in [7, 11) is 0. The van der Waals surface area contributed by atoms with Crippen LogP contribution in [0.15, 0.2) is 66.7 Å². The Hall–Kier alpha value is -3.65. The molecule has 0 fully saturated rings. The van der Waals surface area contributed by atoms with Gasteiger partial charge in [-0.25, -0.2) is 0 Å². The molecule has 30 heavy (non-hydrogen) atoms. The summed E-state index contributed by atoms with van der Waals surface area (Å²) in [6.07, 6.45) is 1.21. The number of benzene rings is 7. The Bertz CT molecular complexity index is 1680. The van der Waals surface area contributed by atoms with Gasteiger partial charge in [-0.15, -0.1) is 0 Å². The van der Waals surface area contributed by atoms with Gasteiger partial charge in [0, 0.05) is 17.2 Å². The van der Waals surface area contributed by atoms with Crippen molar-refractivity contribution in [3.8, 4) is 5.75 Å². The fourth-order valence-corrected chi connectivity index (χ4v) is 5.42. The fraction of sp³-hybridized carbons (Fsp3) is 0.107. The first-order valence-electron chi connectivity index (χ1n) is 10.6. The van der Waals surface area contributed by atoms with Gasteiger partial charge in [0.1, 0.15) is 5.75 Å². The van der Waals surface area contributed by atoms with E-state index in [1.54, 1.807) is 0 Å². The van der Waals surface area contributed by atoms with E-state index in [1.807, 2.05) is 13.0 Å². The van der Waals surface area contributed by atoms with Crippen molar-refractivity contribution >= 4 is 70.6 Å². The molecule has 0 aliphatic rings. The fourth-order valence-electron chi connectivity index (χ4n) is 5.42. The predicted molar refractivity (Wildman–Crippen MR) is 126 cm³/mol. The molecule has 0 saturated heterocycles. The molecule has 7 aromatic rings. The summed E-state index contributed by atoms with van der Waals surface area (Å²) >= 11 is 0. The van der Waals surface area contributed by atoms with Crippen molar-refractivity contribution in [2.24, 2.45) is 0 Å². The Morgan fingerprint density at radius 1 is 0.633 bits per heavy atom. The van der Waals surface area contributed by atoms with Crippen LogP contribution in [0.2, 0.25) is 0 Å². The summed E-state index contributed by atoms with van der Waals surface area (Å²) in [5.74, 6) is 0.498. The van der Waals surface area contributed by atoms with Gasteiger partial charge in [-0.2, -0.15) is 0 Å². The first kappa shape index (κ1) is 16.2. The Morgan fingerprint density at radius 3 is 1.60 bits per heavy atom. The molecule has 0 aliphatic carbocycles. The number of carbonyl (C=O) groups excluding carboxylic acids is 1. The van der Waals surface area contributed by atoms with Gasteiger partial charge < -0.3 is 4.74 Å². The smallest absolute Gasteiger partial charge is 0.311 e. The van der Waals surface area contributed by atoms with Crippen molar-refractivity contribution in [1.82, 2.24) is 0 Å². The number of esters is 1. The van der Waals surface area contributed by atoms with Gasteiger partial charge in [-0.3, -0.25) is 4.79 Å². The average molecular weight is 386 g/mol. The van der Waals surface area contributed by atoms with E-state index in [4.69, 9.17) is 4.74 Å². The van der Waals surface area contributed by atoms with Crippen LogP contribution in [-0.2, 0) is 4.79 Å². The summed E-state index contributed by atoms with van der Waals surface area (Å²) in [6.45, 7) is 2.00. The van der Waals surface area contributed by atoms with Gasteiger partial charge in [-0.1, -0.05) is 61.5 Å². The summed E-state index contributed by atoms with van der Waals surface area (Å²) in [4.78, 5) is 12.4. The molecule has 7 rings (SSSR count). The van der Waals surface area contributed by atoms with Crippen LogP contribution < -0.4 is 4.74 Å². The highest BCUT2D eigenvalue weighted by molar-refractivity contribution is 6.44.